The van der Waals surface area contributed by atoms with E-state index in [0.717, 1.165) is 9.56 Å². The molecule has 0 unspecified atom stereocenters. The van der Waals surface area contributed by atoms with Crippen LogP contribution in [0.25, 0.3) is 10.6 Å². The summed E-state index contributed by atoms with van der Waals surface area (Å²) in [6, 6.07) is 12.6. The van der Waals surface area contributed by atoms with E-state index < -0.39 is 22.8 Å². The average Bonchev–Trinajstić information content (AvgIpc) is 3.11. The molecule has 25 heavy (non-hydrogen) atoms. The predicted molar refractivity (Wildman–Crippen MR) is 96.2 cm³/mol. The highest BCUT2D eigenvalue weighted by atomic mass is 32.1. The Morgan fingerprint density at radius 1 is 1.16 bits per heavy atom. The molecule has 3 rings (SSSR count). The average molecular weight is 357 g/mol. The maximum Gasteiger partial charge on any atom is 0.267 e. The summed E-state index contributed by atoms with van der Waals surface area (Å²) < 4.78 is 14.9. The maximum atomic E-state index is 13.8. The number of carbonyl (C=O) groups is 1. The summed E-state index contributed by atoms with van der Waals surface area (Å²) >= 11 is 1.49. The molecule has 0 saturated heterocycles. The molecule has 2 aromatic heterocycles. The third-order valence-corrected chi connectivity index (χ3v) is 4.67. The summed E-state index contributed by atoms with van der Waals surface area (Å²) in [5, 5.41) is 8.76. The van der Waals surface area contributed by atoms with Crippen LogP contribution in [0.4, 0.5) is 10.1 Å². The fourth-order valence-electron chi connectivity index (χ4n) is 2.30. The lowest BCUT2D eigenvalue weighted by Crippen LogP contribution is -2.47. The van der Waals surface area contributed by atoms with Crippen molar-refractivity contribution >= 4 is 22.9 Å². The minimum absolute atomic E-state index is 0.0584. The molecular formula is C18H16FN3O2S. The number of carbonyl (C=O) groups excluding carboxylic acids is 1. The summed E-state index contributed by atoms with van der Waals surface area (Å²) in [5.41, 5.74) is -1.05. The van der Waals surface area contributed by atoms with E-state index in [9.17, 15) is 14.0 Å². The number of aromatic nitrogens is 2. The maximum absolute atomic E-state index is 13.8. The number of halogens is 1. The lowest BCUT2D eigenvalue weighted by Gasteiger charge is -2.25. The Bertz CT molecular complexity index is 964. The van der Waals surface area contributed by atoms with Gasteiger partial charge in [-0.3, -0.25) is 9.59 Å². The Labute approximate surface area is 147 Å². The van der Waals surface area contributed by atoms with Crippen LogP contribution in [0.5, 0.6) is 0 Å². The van der Waals surface area contributed by atoms with Gasteiger partial charge in [0.15, 0.2) is 0 Å². The number of anilines is 1. The number of nitrogens with zero attached hydrogens (tertiary/aromatic N) is 2. The first-order valence-electron chi connectivity index (χ1n) is 7.60. The van der Waals surface area contributed by atoms with Gasteiger partial charge < -0.3 is 5.32 Å². The molecule has 0 spiro atoms. The summed E-state index contributed by atoms with van der Waals surface area (Å²) in [5.74, 6) is -1.07. The van der Waals surface area contributed by atoms with Crippen LogP contribution in [-0.4, -0.2) is 15.7 Å². The van der Waals surface area contributed by atoms with E-state index in [2.05, 4.69) is 10.4 Å². The molecule has 0 aliphatic rings. The molecule has 7 heteroatoms. The summed E-state index contributed by atoms with van der Waals surface area (Å²) in [6.45, 7) is 3.13. The van der Waals surface area contributed by atoms with Gasteiger partial charge in [0.25, 0.3) is 11.5 Å². The first-order valence-corrected chi connectivity index (χ1v) is 8.48. The van der Waals surface area contributed by atoms with Crippen molar-refractivity contribution in [2.75, 3.05) is 5.32 Å². The van der Waals surface area contributed by atoms with Gasteiger partial charge in [0, 0.05) is 6.07 Å². The molecule has 0 bridgehead atoms. The normalized spacial score (nSPS) is 11.3. The standard InChI is InChI=1S/C18H16FN3O2S/c1-18(2,17(24)20-13-7-4-3-6-12(13)19)22-16(23)10-9-14(21-22)15-8-5-11-25-15/h3-11H,1-2H3,(H,20,24). The van der Waals surface area contributed by atoms with Crippen molar-refractivity contribution in [3.8, 4) is 10.6 Å². The fraction of sp³-hybridized carbons (Fsp3) is 0.167. The minimum Gasteiger partial charge on any atom is -0.321 e. The van der Waals surface area contributed by atoms with Crippen molar-refractivity contribution in [3.05, 3.63) is 70.1 Å². The third-order valence-electron chi connectivity index (χ3n) is 3.78. The molecule has 128 valence electrons. The SMILES string of the molecule is CC(C)(C(=O)Nc1ccccc1F)n1nc(-c2cccs2)ccc1=O. The highest BCUT2D eigenvalue weighted by Gasteiger charge is 2.32. The molecule has 0 aliphatic heterocycles. The monoisotopic (exact) mass is 357 g/mol. The van der Waals surface area contributed by atoms with Gasteiger partial charge in [0.2, 0.25) is 0 Å². The molecule has 1 aromatic carbocycles. The van der Waals surface area contributed by atoms with Crippen LogP contribution in [0.2, 0.25) is 0 Å². The van der Waals surface area contributed by atoms with Gasteiger partial charge in [-0.1, -0.05) is 18.2 Å². The van der Waals surface area contributed by atoms with Crippen LogP contribution in [0.1, 0.15) is 13.8 Å². The Kier molecular flexibility index (Phi) is 4.50. The first kappa shape index (κ1) is 17.0. The molecule has 0 saturated carbocycles. The highest BCUT2D eigenvalue weighted by molar-refractivity contribution is 7.13. The van der Waals surface area contributed by atoms with E-state index in [0.29, 0.717) is 5.69 Å². The van der Waals surface area contributed by atoms with Crippen LogP contribution in [-0.2, 0) is 10.3 Å². The number of para-hydroxylation sites is 1. The van der Waals surface area contributed by atoms with Crippen LogP contribution in [0.15, 0.2) is 58.7 Å². The van der Waals surface area contributed by atoms with Crippen molar-refractivity contribution in [2.45, 2.75) is 19.4 Å². The van der Waals surface area contributed by atoms with E-state index in [1.807, 2.05) is 17.5 Å². The quantitative estimate of drug-likeness (QED) is 0.777. The number of hydrogen-bond donors (Lipinski definition) is 1. The second-order valence-electron chi connectivity index (χ2n) is 5.94. The third kappa shape index (κ3) is 3.36. The molecule has 5 nitrogen and oxygen atoms in total. The number of benzene rings is 1. The summed E-state index contributed by atoms with van der Waals surface area (Å²) in [6.07, 6.45) is 0. The molecule has 1 N–H and O–H groups in total. The van der Waals surface area contributed by atoms with Crippen molar-refractivity contribution in [1.82, 2.24) is 9.78 Å². The molecule has 0 aliphatic carbocycles. The highest BCUT2D eigenvalue weighted by Crippen LogP contribution is 2.23. The first-order chi connectivity index (χ1) is 11.9. The van der Waals surface area contributed by atoms with E-state index >= 15 is 0 Å². The summed E-state index contributed by atoms with van der Waals surface area (Å²) in [7, 11) is 0. The molecule has 3 aromatic rings. The van der Waals surface area contributed by atoms with Crippen molar-refractivity contribution in [3.63, 3.8) is 0 Å². The van der Waals surface area contributed by atoms with E-state index in [1.165, 1.54) is 35.6 Å². The molecule has 1 amide bonds. The Morgan fingerprint density at radius 3 is 2.60 bits per heavy atom. The zero-order valence-electron chi connectivity index (χ0n) is 13.7. The molecule has 0 radical (unpaired) electrons. The molecule has 2 heterocycles. The second-order valence-corrected chi connectivity index (χ2v) is 6.89. The van der Waals surface area contributed by atoms with Gasteiger partial charge >= 0.3 is 0 Å². The van der Waals surface area contributed by atoms with Gasteiger partial charge in [-0.05, 0) is 43.5 Å². The number of amides is 1. The van der Waals surface area contributed by atoms with E-state index in [-0.39, 0.29) is 5.69 Å². The Morgan fingerprint density at radius 2 is 1.92 bits per heavy atom. The van der Waals surface area contributed by atoms with Crippen LogP contribution >= 0.6 is 11.3 Å². The van der Waals surface area contributed by atoms with Gasteiger partial charge in [-0.2, -0.15) is 5.10 Å². The van der Waals surface area contributed by atoms with Gasteiger partial charge in [0.05, 0.1) is 10.6 Å². The van der Waals surface area contributed by atoms with Crippen LogP contribution in [0.3, 0.4) is 0 Å². The second kappa shape index (κ2) is 6.60. The minimum atomic E-state index is -1.30. The van der Waals surface area contributed by atoms with Gasteiger partial charge in [0.1, 0.15) is 17.1 Å². The lowest BCUT2D eigenvalue weighted by atomic mass is 10.0. The van der Waals surface area contributed by atoms with Crippen LogP contribution < -0.4 is 10.9 Å². The van der Waals surface area contributed by atoms with Gasteiger partial charge in [-0.25, -0.2) is 9.07 Å². The van der Waals surface area contributed by atoms with Crippen molar-refractivity contribution in [2.24, 2.45) is 0 Å². The number of hydrogen-bond acceptors (Lipinski definition) is 4. The van der Waals surface area contributed by atoms with Crippen molar-refractivity contribution in [1.29, 1.82) is 0 Å². The Hall–Kier alpha value is -2.80. The number of nitrogens with one attached hydrogen (secondary N) is 1. The molecule has 0 fully saturated rings. The van der Waals surface area contributed by atoms with Gasteiger partial charge in [-0.15, -0.1) is 11.3 Å². The number of thiophene rings is 1. The van der Waals surface area contributed by atoms with E-state index in [1.54, 1.807) is 26.0 Å². The fourth-order valence-corrected chi connectivity index (χ4v) is 2.99. The largest absolute Gasteiger partial charge is 0.321 e. The van der Waals surface area contributed by atoms with E-state index in [4.69, 9.17) is 0 Å². The van der Waals surface area contributed by atoms with Crippen LogP contribution in [0, 0.1) is 5.82 Å². The smallest absolute Gasteiger partial charge is 0.267 e. The predicted octanol–water partition coefficient (Wildman–Crippen LogP) is 3.48. The lowest BCUT2D eigenvalue weighted by molar-refractivity contribution is -0.123. The Balaban J connectivity index is 1.96. The summed E-state index contributed by atoms with van der Waals surface area (Å²) in [4.78, 5) is 25.8. The zero-order valence-corrected chi connectivity index (χ0v) is 14.5. The number of rotatable bonds is 4. The molecular weight excluding hydrogens is 341 g/mol. The topological polar surface area (TPSA) is 64.0 Å². The zero-order chi connectivity index (χ0) is 18.0. The molecule has 0 atom stereocenters. The van der Waals surface area contributed by atoms with Crippen molar-refractivity contribution < 1.29 is 9.18 Å².